The van der Waals surface area contributed by atoms with E-state index in [0.717, 1.165) is 25.2 Å². The van der Waals surface area contributed by atoms with E-state index in [0.29, 0.717) is 43.4 Å². The summed E-state index contributed by atoms with van der Waals surface area (Å²) in [6, 6.07) is 11.4. The Morgan fingerprint density at radius 1 is 1.10 bits per heavy atom. The number of hydrogen-bond acceptors (Lipinski definition) is 5. The van der Waals surface area contributed by atoms with Gasteiger partial charge in [0.05, 0.1) is 27.4 Å². The van der Waals surface area contributed by atoms with E-state index < -0.39 is 5.82 Å². The lowest BCUT2D eigenvalue weighted by Gasteiger charge is -2.30. The Bertz CT molecular complexity index is 824. The molecule has 3 rings (SSSR count). The van der Waals surface area contributed by atoms with Crippen molar-refractivity contribution in [2.75, 3.05) is 53.6 Å². The standard InChI is InChI=1S/C22H27FN2O4/c1-27-20-7-6-17(14-21(20)28-2)16-25(9-8-24-10-12-29-13-11-24)22(26)18-4-3-5-19(23)15-18/h3-7,14-15H,8-13,16H2,1-2H3. The molecule has 0 spiro atoms. The van der Waals surface area contributed by atoms with Crippen molar-refractivity contribution in [2.24, 2.45) is 0 Å². The molecule has 0 atom stereocenters. The number of amides is 1. The Morgan fingerprint density at radius 3 is 2.55 bits per heavy atom. The Hall–Kier alpha value is -2.64. The summed E-state index contributed by atoms with van der Waals surface area (Å²) in [5.41, 5.74) is 1.25. The minimum Gasteiger partial charge on any atom is -0.493 e. The predicted molar refractivity (Wildman–Crippen MR) is 108 cm³/mol. The molecule has 0 N–H and O–H groups in total. The molecule has 6 nitrogen and oxygen atoms in total. The molecule has 0 aliphatic carbocycles. The van der Waals surface area contributed by atoms with Crippen molar-refractivity contribution in [1.29, 1.82) is 0 Å². The van der Waals surface area contributed by atoms with Gasteiger partial charge in [-0.1, -0.05) is 12.1 Å². The van der Waals surface area contributed by atoms with Crippen molar-refractivity contribution in [1.82, 2.24) is 9.80 Å². The average Bonchev–Trinajstić information content (AvgIpc) is 2.76. The fraction of sp³-hybridized carbons (Fsp3) is 0.409. The third-order valence-electron chi connectivity index (χ3n) is 4.97. The number of carbonyl (C=O) groups is 1. The Labute approximate surface area is 170 Å². The van der Waals surface area contributed by atoms with E-state index >= 15 is 0 Å². The maximum absolute atomic E-state index is 13.7. The highest BCUT2D eigenvalue weighted by molar-refractivity contribution is 5.94. The van der Waals surface area contributed by atoms with Gasteiger partial charge in [-0.05, 0) is 35.9 Å². The maximum Gasteiger partial charge on any atom is 0.254 e. The lowest BCUT2D eigenvalue weighted by molar-refractivity contribution is 0.0320. The zero-order valence-electron chi connectivity index (χ0n) is 16.9. The van der Waals surface area contributed by atoms with Crippen LogP contribution < -0.4 is 9.47 Å². The molecule has 2 aromatic rings. The predicted octanol–water partition coefficient (Wildman–Crippen LogP) is 2.82. The number of morpholine rings is 1. The van der Waals surface area contributed by atoms with Crippen molar-refractivity contribution >= 4 is 5.91 Å². The van der Waals surface area contributed by atoms with Crippen LogP contribution in [0.15, 0.2) is 42.5 Å². The summed E-state index contributed by atoms with van der Waals surface area (Å²) in [6.45, 7) is 4.75. The molecular formula is C22H27FN2O4. The molecule has 1 fully saturated rings. The summed E-state index contributed by atoms with van der Waals surface area (Å²) >= 11 is 0. The van der Waals surface area contributed by atoms with Gasteiger partial charge in [0.1, 0.15) is 5.82 Å². The van der Waals surface area contributed by atoms with Gasteiger partial charge in [0, 0.05) is 38.3 Å². The second-order valence-electron chi connectivity index (χ2n) is 6.88. The van der Waals surface area contributed by atoms with Crippen molar-refractivity contribution in [2.45, 2.75) is 6.54 Å². The molecule has 7 heteroatoms. The first-order valence-electron chi connectivity index (χ1n) is 9.66. The second kappa shape index (κ2) is 10.2. The van der Waals surface area contributed by atoms with Crippen LogP contribution in [0.3, 0.4) is 0 Å². The van der Waals surface area contributed by atoms with Crippen molar-refractivity contribution in [3.8, 4) is 11.5 Å². The molecule has 2 aromatic carbocycles. The number of rotatable bonds is 8. The minimum absolute atomic E-state index is 0.201. The zero-order chi connectivity index (χ0) is 20.6. The summed E-state index contributed by atoms with van der Waals surface area (Å²) in [5, 5.41) is 0. The smallest absolute Gasteiger partial charge is 0.254 e. The zero-order valence-corrected chi connectivity index (χ0v) is 16.9. The normalized spacial score (nSPS) is 14.4. The first kappa shape index (κ1) is 21.1. The van der Waals surface area contributed by atoms with Crippen molar-refractivity contribution in [3.63, 3.8) is 0 Å². The van der Waals surface area contributed by atoms with Gasteiger partial charge >= 0.3 is 0 Å². The molecule has 0 aromatic heterocycles. The molecule has 1 saturated heterocycles. The largest absolute Gasteiger partial charge is 0.493 e. The summed E-state index contributed by atoms with van der Waals surface area (Å²) in [4.78, 5) is 17.1. The van der Waals surface area contributed by atoms with E-state index in [1.54, 1.807) is 31.3 Å². The Morgan fingerprint density at radius 2 is 1.86 bits per heavy atom. The summed E-state index contributed by atoms with van der Waals surface area (Å²) < 4.78 is 29.7. The van der Waals surface area contributed by atoms with Crippen LogP contribution in [-0.2, 0) is 11.3 Å². The fourth-order valence-corrected chi connectivity index (χ4v) is 3.34. The third kappa shape index (κ3) is 5.68. The van der Waals surface area contributed by atoms with Crippen LogP contribution in [-0.4, -0.2) is 69.3 Å². The monoisotopic (exact) mass is 402 g/mol. The van der Waals surface area contributed by atoms with Gasteiger partial charge in [0.25, 0.3) is 5.91 Å². The van der Waals surface area contributed by atoms with Gasteiger partial charge in [0.15, 0.2) is 11.5 Å². The maximum atomic E-state index is 13.7. The van der Waals surface area contributed by atoms with Gasteiger partial charge in [-0.2, -0.15) is 0 Å². The molecule has 1 aliphatic rings. The summed E-state index contributed by atoms with van der Waals surface area (Å²) in [7, 11) is 3.16. The first-order valence-corrected chi connectivity index (χ1v) is 9.66. The number of benzene rings is 2. The van der Waals surface area contributed by atoms with Crippen LogP contribution in [0.25, 0.3) is 0 Å². The highest BCUT2D eigenvalue weighted by Gasteiger charge is 2.20. The van der Waals surface area contributed by atoms with Crippen LogP contribution in [0, 0.1) is 5.82 Å². The number of nitrogens with zero attached hydrogens (tertiary/aromatic N) is 2. The molecule has 0 radical (unpaired) electrons. The molecule has 29 heavy (non-hydrogen) atoms. The van der Waals surface area contributed by atoms with Crippen LogP contribution in [0.5, 0.6) is 11.5 Å². The SMILES string of the molecule is COc1ccc(CN(CCN2CCOCC2)C(=O)c2cccc(F)c2)cc1OC. The lowest BCUT2D eigenvalue weighted by Crippen LogP contribution is -2.42. The first-order chi connectivity index (χ1) is 14.1. The van der Waals surface area contributed by atoms with Gasteiger partial charge in [-0.3, -0.25) is 9.69 Å². The van der Waals surface area contributed by atoms with E-state index in [1.807, 2.05) is 18.2 Å². The minimum atomic E-state index is -0.421. The molecular weight excluding hydrogens is 375 g/mol. The highest BCUT2D eigenvalue weighted by atomic mass is 19.1. The van der Waals surface area contributed by atoms with E-state index in [-0.39, 0.29) is 5.91 Å². The van der Waals surface area contributed by atoms with Crippen LogP contribution in [0.4, 0.5) is 4.39 Å². The molecule has 1 amide bonds. The average molecular weight is 402 g/mol. The lowest BCUT2D eigenvalue weighted by atomic mass is 10.1. The Balaban J connectivity index is 1.78. The van der Waals surface area contributed by atoms with Crippen molar-refractivity contribution in [3.05, 3.63) is 59.4 Å². The Kier molecular flexibility index (Phi) is 7.43. The van der Waals surface area contributed by atoms with E-state index in [1.165, 1.54) is 12.1 Å². The van der Waals surface area contributed by atoms with Crippen LogP contribution in [0.2, 0.25) is 0 Å². The molecule has 156 valence electrons. The number of ether oxygens (including phenoxy) is 3. The van der Waals surface area contributed by atoms with Gasteiger partial charge in [-0.25, -0.2) is 4.39 Å². The number of hydrogen-bond donors (Lipinski definition) is 0. The number of carbonyl (C=O) groups excluding carboxylic acids is 1. The summed E-state index contributed by atoms with van der Waals surface area (Å²) in [6.07, 6.45) is 0. The van der Waals surface area contributed by atoms with Gasteiger partial charge < -0.3 is 19.1 Å². The van der Waals surface area contributed by atoms with Gasteiger partial charge in [-0.15, -0.1) is 0 Å². The molecule has 0 saturated carbocycles. The van der Waals surface area contributed by atoms with E-state index in [4.69, 9.17) is 14.2 Å². The topological polar surface area (TPSA) is 51.2 Å². The highest BCUT2D eigenvalue weighted by Crippen LogP contribution is 2.28. The third-order valence-corrected chi connectivity index (χ3v) is 4.97. The van der Waals surface area contributed by atoms with Crippen LogP contribution in [0.1, 0.15) is 15.9 Å². The summed E-state index contributed by atoms with van der Waals surface area (Å²) in [5.74, 6) is 0.617. The van der Waals surface area contributed by atoms with E-state index in [2.05, 4.69) is 4.90 Å². The molecule has 0 unspecified atom stereocenters. The number of halogens is 1. The molecule has 1 heterocycles. The second-order valence-corrected chi connectivity index (χ2v) is 6.88. The quantitative estimate of drug-likeness (QED) is 0.680. The molecule has 1 aliphatic heterocycles. The molecule has 0 bridgehead atoms. The fourth-order valence-electron chi connectivity index (χ4n) is 3.34. The van der Waals surface area contributed by atoms with Gasteiger partial charge in [0.2, 0.25) is 0 Å². The van der Waals surface area contributed by atoms with Crippen LogP contribution >= 0.6 is 0 Å². The van der Waals surface area contributed by atoms with E-state index in [9.17, 15) is 9.18 Å². The number of methoxy groups -OCH3 is 2. The van der Waals surface area contributed by atoms with Crippen molar-refractivity contribution < 1.29 is 23.4 Å².